The predicted octanol–water partition coefficient (Wildman–Crippen LogP) is 4.26. The van der Waals surface area contributed by atoms with Crippen LogP contribution >= 0.6 is 60.2 Å². The Hall–Kier alpha value is 3.02. The van der Waals surface area contributed by atoms with E-state index >= 15 is 0 Å². The third-order valence-electron chi connectivity index (χ3n) is 0.697. The zero-order chi connectivity index (χ0) is 9.11. The molecule has 0 nitrogen and oxygen atoms in total. The van der Waals surface area contributed by atoms with Crippen molar-refractivity contribution in [3.8, 4) is 0 Å². The van der Waals surface area contributed by atoms with Gasteiger partial charge >= 0.3 is 51.4 Å². The Morgan fingerprint density at radius 1 is 1.00 bits per heavy atom. The van der Waals surface area contributed by atoms with Crippen LogP contribution in [-0.4, -0.2) is 38.7 Å². The van der Waals surface area contributed by atoms with Gasteiger partial charge in [0.25, 0.3) is 0 Å². The first-order chi connectivity index (χ1) is 5.15. The first kappa shape index (κ1) is 16.5. The Labute approximate surface area is 103 Å². The summed E-state index contributed by atoms with van der Waals surface area (Å²) in [5.41, 5.74) is 0. The molecule has 0 spiro atoms. The van der Waals surface area contributed by atoms with Gasteiger partial charge in [-0.15, -0.1) is 0 Å². The fraction of sp³-hybridized carbons (Fsp3) is 1.00. The molecule has 0 aliphatic carbocycles. The summed E-state index contributed by atoms with van der Waals surface area (Å²) in [5, 5.41) is 0. The summed E-state index contributed by atoms with van der Waals surface area (Å²) >= 11 is 12.6. The SMILES string of the molecule is CSCCCSC.[Br][Bi]([Br])[Br]. The second kappa shape index (κ2) is 15.5. The summed E-state index contributed by atoms with van der Waals surface area (Å²) in [5.74, 6) is 2.64. The van der Waals surface area contributed by atoms with E-state index in [4.69, 9.17) is 0 Å². The minimum absolute atomic E-state index is 1.16. The predicted molar refractivity (Wildman–Crippen MR) is 73.9 cm³/mol. The fourth-order valence-electron chi connectivity index (χ4n) is 0.348. The first-order valence-electron chi connectivity index (χ1n) is 2.90. The molecule has 70 valence electrons. The zero-order valence-electron chi connectivity index (χ0n) is 6.52. The quantitative estimate of drug-likeness (QED) is 0.358. The molecule has 0 aliphatic rings. The Bertz CT molecular complexity index is 58.9. The third-order valence-corrected chi connectivity index (χ3v) is 2.09. The normalized spacial score (nSPS) is 9.27. The Morgan fingerprint density at radius 2 is 1.27 bits per heavy atom. The number of hydrogen-bond donors (Lipinski definition) is 0. The molecule has 0 aliphatic heterocycles. The maximum atomic E-state index is 3.31. The van der Waals surface area contributed by atoms with Gasteiger partial charge in [-0.3, -0.25) is 0 Å². The minimum atomic E-state index is -1.16. The van der Waals surface area contributed by atoms with E-state index in [1.807, 2.05) is 23.5 Å². The summed E-state index contributed by atoms with van der Waals surface area (Å²) < 4.78 is 0. The molecule has 0 amide bonds. The molecule has 0 aromatic rings. The van der Waals surface area contributed by atoms with Crippen LogP contribution in [0.25, 0.3) is 0 Å². The van der Waals surface area contributed by atoms with Crippen molar-refractivity contribution in [1.82, 2.24) is 0 Å². The van der Waals surface area contributed by atoms with E-state index < -0.39 is 14.7 Å². The van der Waals surface area contributed by atoms with Gasteiger partial charge in [-0.25, -0.2) is 0 Å². The van der Waals surface area contributed by atoms with Crippen LogP contribution in [-0.2, 0) is 0 Å². The van der Waals surface area contributed by atoms with Gasteiger partial charge in [-0.1, -0.05) is 0 Å². The van der Waals surface area contributed by atoms with Crippen LogP contribution in [0, 0.1) is 0 Å². The molecular weight excluding hydrogens is 573 g/mol. The molecule has 0 aromatic heterocycles. The standard InChI is InChI=1S/C5H12S2.Bi.3BrH/c1-6-4-3-5-7-2;;;;/h3-5H2,1-2H3;;3*1H/q;+3;;;/p-3. The van der Waals surface area contributed by atoms with Crippen molar-refractivity contribution in [2.75, 3.05) is 24.0 Å². The van der Waals surface area contributed by atoms with Crippen molar-refractivity contribution in [2.45, 2.75) is 6.42 Å². The zero-order valence-corrected chi connectivity index (χ0v) is 16.4. The average molecular weight is 585 g/mol. The van der Waals surface area contributed by atoms with Gasteiger partial charge in [-0.2, -0.15) is 23.5 Å². The van der Waals surface area contributed by atoms with Crippen LogP contribution in [0.5, 0.6) is 0 Å². The molecule has 0 saturated heterocycles. The first-order valence-corrected chi connectivity index (χ1v) is 28.3. The van der Waals surface area contributed by atoms with Gasteiger partial charge in [0.2, 0.25) is 0 Å². The van der Waals surface area contributed by atoms with Gasteiger partial charge < -0.3 is 0 Å². The average Bonchev–Trinajstić information content (AvgIpc) is 1.88. The van der Waals surface area contributed by atoms with Crippen LogP contribution < -0.4 is 0 Å². The van der Waals surface area contributed by atoms with Gasteiger partial charge in [0.05, 0.1) is 0 Å². The van der Waals surface area contributed by atoms with Gasteiger partial charge in [0, 0.05) is 0 Å². The van der Waals surface area contributed by atoms with Crippen LogP contribution in [0.15, 0.2) is 0 Å². The van der Waals surface area contributed by atoms with Gasteiger partial charge in [0.1, 0.15) is 0 Å². The molecule has 0 unspecified atom stereocenters. The summed E-state index contributed by atoms with van der Waals surface area (Å²) in [6, 6.07) is 0. The van der Waals surface area contributed by atoms with Crippen LogP contribution in [0.4, 0.5) is 0 Å². The van der Waals surface area contributed by atoms with E-state index in [1.54, 1.807) is 0 Å². The number of thioether (sulfide) groups is 2. The number of halogens is 3. The molecule has 0 bridgehead atoms. The van der Waals surface area contributed by atoms with Crippen LogP contribution in [0.2, 0.25) is 0 Å². The summed E-state index contributed by atoms with van der Waals surface area (Å²) in [6.07, 6.45) is 5.67. The second-order valence-electron chi connectivity index (χ2n) is 1.53. The van der Waals surface area contributed by atoms with Crippen molar-refractivity contribution < 1.29 is 0 Å². The van der Waals surface area contributed by atoms with E-state index in [0.29, 0.717) is 0 Å². The Morgan fingerprint density at radius 3 is 1.45 bits per heavy atom. The maximum absolute atomic E-state index is 3.31. The van der Waals surface area contributed by atoms with Crippen molar-refractivity contribution >= 4 is 74.9 Å². The molecule has 11 heavy (non-hydrogen) atoms. The van der Waals surface area contributed by atoms with E-state index in [1.165, 1.54) is 17.9 Å². The molecule has 0 fully saturated rings. The molecular formula is C5H12BiBr3S2. The van der Waals surface area contributed by atoms with Crippen molar-refractivity contribution in [3.05, 3.63) is 0 Å². The summed E-state index contributed by atoms with van der Waals surface area (Å²) in [6.45, 7) is 0. The van der Waals surface area contributed by atoms with Crippen molar-refractivity contribution in [1.29, 1.82) is 0 Å². The topological polar surface area (TPSA) is 0 Å². The Kier molecular flexibility index (Phi) is 23.2. The molecule has 0 N–H and O–H groups in total. The molecule has 0 aromatic carbocycles. The molecule has 0 rings (SSSR count). The van der Waals surface area contributed by atoms with Crippen LogP contribution in [0.3, 0.4) is 0 Å². The van der Waals surface area contributed by atoms with Crippen molar-refractivity contribution in [2.24, 2.45) is 0 Å². The molecule has 0 heterocycles. The van der Waals surface area contributed by atoms with E-state index in [-0.39, 0.29) is 0 Å². The van der Waals surface area contributed by atoms with E-state index in [0.717, 1.165) is 0 Å². The van der Waals surface area contributed by atoms with E-state index in [2.05, 4.69) is 49.2 Å². The summed E-state index contributed by atoms with van der Waals surface area (Å²) in [7, 11) is 0. The van der Waals surface area contributed by atoms with Crippen LogP contribution in [0.1, 0.15) is 6.42 Å². The summed E-state index contributed by atoms with van der Waals surface area (Å²) in [4.78, 5) is 0. The fourth-order valence-corrected chi connectivity index (χ4v) is 1.40. The second-order valence-corrected chi connectivity index (χ2v) is 48.7. The van der Waals surface area contributed by atoms with Gasteiger partial charge in [0.15, 0.2) is 0 Å². The molecule has 0 radical (unpaired) electrons. The monoisotopic (exact) mass is 582 g/mol. The molecule has 0 atom stereocenters. The van der Waals surface area contributed by atoms with Gasteiger partial charge in [-0.05, 0) is 30.4 Å². The molecule has 0 saturated carbocycles. The Balaban J connectivity index is 0. The van der Waals surface area contributed by atoms with Crippen molar-refractivity contribution in [3.63, 3.8) is 0 Å². The number of rotatable bonds is 4. The number of hydrogen-bond acceptors (Lipinski definition) is 2. The van der Waals surface area contributed by atoms with E-state index in [9.17, 15) is 0 Å². The third kappa shape index (κ3) is 32.1. The molecule has 6 heteroatoms.